The van der Waals surface area contributed by atoms with Crippen molar-refractivity contribution in [2.75, 3.05) is 13.1 Å². The van der Waals surface area contributed by atoms with Gasteiger partial charge in [-0.2, -0.15) is 0 Å². The molecule has 120 valence electrons. The Bertz CT molecular complexity index is 272. The van der Waals surface area contributed by atoms with Gasteiger partial charge < -0.3 is 16.4 Å². The number of nitrogens with two attached hydrogens (primary N) is 1. The summed E-state index contributed by atoms with van der Waals surface area (Å²) in [5, 5.41) is 5.87. The van der Waals surface area contributed by atoms with Crippen LogP contribution >= 0.6 is 24.0 Å². The third-order valence-corrected chi connectivity index (χ3v) is 2.97. The van der Waals surface area contributed by atoms with Crippen LogP contribution in [0.1, 0.15) is 59.3 Å². The summed E-state index contributed by atoms with van der Waals surface area (Å²) in [6.07, 6.45) is 6.12. The van der Waals surface area contributed by atoms with Crippen molar-refractivity contribution in [2.45, 2.75) is 65.3 Å². The first kappa shape index (κ1) is 21.8. The quantitative estimate of drug-likeness (QED) is 0.229. The summed E-state index contributed by atoms with van der Waals surface area (Å²) in [6, 6.07) is 0.233. The number of amides is 1. The van der Waals surface area contributed by atoms with Crippen molar-refractivity contribution in [3.05, 3.63) is 0 Å². The molecule has 5 nitrogen and oxygen atoms in total. The van der Waals surface area contributed by atoms with Crippen LogP contribution in [-0.2, 0) is 4.79 Å². The number of hydrogen-bond acceptors (Lipinski definition) is 2. The average Bonchev–Trinajstić information content (AvgIpc) is 2.38. The summed E-state index contributed by atoms with van der Waals surface area (Å²) in [7, 11) is 0. The van der Waals surface area contributed by atoms with Gasteiger partial charge in [0.15, 0.2) is 5.96 Å². The molecule has 0 aromatic heterocycles. The Hall–Kier alpha value is -0.530. The fourth-order valence-electron chi connectivity index (χ4n) is 1.55. The third kappa shape index (κ3) is 13.9. The molecule has 0 aliphatic carbocycles. The fourth-order valence-corrected chi connectivity index (χ4v) is 1.55. The van der Waals surface area contributed by atoms with Gasteiger partial charge in [-0.05, 0) is 19.8 Å². The molecule has 1 unspecified atom stereocenters. The van der Waals surface area contributed by atoms with Crippen LogP contribution in [0, 0.1) is 0 Å². The molecule has 0 radical (unpaired) electrons. The van der Waals surface area contributed by atoms with Crippen molar-refractivity contribution in [3.8, 4) is 0 Å². The number of hydrogen-bond donors (Lipinski definition) is 3. The Morgan fingerprint density at radius 1 is 1.25 bits per heavy atom. The summed E-state index contributed by atoms with van der Waals surface area (Å²) in [6.45, 7) is 7.53. The van der Waals surface area contributed by atoms with E-state index in [2.05, 4.69) is 22.5 Å². The first-order valence-electron chi connectivity index (χ1n) is 7.43. The molecule has 1 atom stereocenters. The van der Waals surface area contributed by atoms with Gasteiger partial charge in [0.25, 0.3) is 0 Å². The van der Waals surface area contributed by atoms with E-state index in [9.17, 15) is 4.79 Å². The number of carbonyl (C=O) groups excluding carboxylic acids is 1. The van der Waals surface area contributed by atoms with E-state index in [4.69, 9.17) is 5.73 Å². The molecule has 0 rings (SSSR count). The highest BCUT2D eigenvalue weighted by molar-refractivity contribution is 14.0. The molecule has 0 fully saturated rings. The van der Waals surface area contributed by atoms with Crippen LogP contribution in [0.4, 0.5) is 0 Å². The Balaban J connectivity index is 0. The Morgan fingerprint density at radius 3 is 2.55 bits per heavy atom. The standard InChI is InChI=1S/C14H30N4O.HI/c1-4-6-7-8-10-16-14(15)17-11-9-13(19)18-12(3)5-2;/h12H,4-11H2,1-3H3,(H,18,19)(H3,15,16,17);1H. The number of aliphatic imine (C=N–C) groups is 1. The summed E-state index contributed by atoms with van der Waals surface area (Å²) in [5.74, 6) is 0.491. The Labute approximate surface area is 140 Å². The van der Waals surface area contributed by atoms with Crippen molar-refractivity contribution in [2.24, 2.45) is 10.7 Å². The van der Waals surface area contributed by atoms with E-state index in [0.717, 1.165) is 19.4 Å². The number of carbonyl (C=O) groups is 1. The van der Waals surface area contributed by atoms with E-state index in [-0.39, 0.29) is 35.9 Å². The molecule has 20 heavy (non-hydrogen) atoms. The van der Waals surface area contributed by atoms with Gasteiger partial charge in [-0.1, -0.05) is 33.1 Å². The van der Waals surface area contributed by atoms with Gasteiger partial charge in [-0.3, -0.25) is 9.79 Å². The molecular formula is C14H31IN4O. The van der Waals surface area contributed by atoms with Gasteiger partial charge in [-0.25, -0.2) is 0 Å². The van der Waals surface area contributed by atoms with E-state index in [1.165, 1.54) is 19.3 Å². The lowest BCUT2D eigenvalue weighted by molar-refractivity contribution is -0.121. The van der Waals surface area contributed by atoms with E-state index in [0.29, 0.717) is 18.9 Å². The maximum atomic E-state index is 11.5. The lowest BCUT2D eigenvalue weighted by Crippen LogP contribution is -2.37. The van der Waals surface area contributed by atoms with Crippen molar-refractivity contribution in [1.29, 1.82) is 0 Å². The predicted octanol–water partition coefficient (Wildman–Crippen LogP) is 2.39. The minimum Gasteiger partial charge on any atom is -0.370 e. The number of nitrogens with zero attached hydrogens (tertiary/aromatic N) is 1. The number of halogens is 1. The SMILES string of the molecule is CCCCCCN=C(N)NCCC(=O)NC(C)CC.I. The van der Waals surface area contributed by atoms with E-state index >= 15 is 0 Å². The summed E-state index contributed by atoms with van der Waals surface area (Å²) in [4.78, 5) is 15.7. The smallest absolute Gasteiger partial charge is 0.221 e. The lowest BCUT2D eigenvalue weighted by Gasteiger charge is -2.11. The molecule has 0 aliphatic heterocycles. The molecule has 0 spiro atoms. The minimum absolute atomic E-state index is 0. The van der Waals surface area contributed by atoms with E-state index in [1.54, 1.807) is 0 Å². The maximum Gasteiger partial charge on any atom is 0.221 e. The van der Waals surface area contributed by atoms with Gasteiger partial charge in [0, 0.05) is 25.6 Å². The molecule has 0 heterocycles. The fraction of sp³-hybridized carbons (Fsp3) is 0.857. The predicted molar refractivity (Wildman–Crippen MR) is 96.6 cm³/mol. The average molecular weight is 398 g/mol. The molecule has 0 aromatic carbocycles. The van der Waals surface area contributed by atoms with Crippen molar-refractivity contribution >= 4 is 35.8 Å². The van der Waals surface area contributed by atoms with Gasteiger partial charge in [0.05, 0.1) is 0 Å². The minimum atomic E-state index is 0. The van der Waals surface area contributed by atoms with Crippen LogP contribution in [0.2, 0.25) is 0 Å². The molecule has 6 heteroatoms. The van der Waals surface area contributed by atoms with Gasteiger partial charge in [-0.15, -0.1) is 24.0 Å². The van der Waals surface area contributed by atoms with E-state index in [1.807, 2.05) is 13.8 Å². The van der Waals surface area contributed by atoms with Crippen LogP contribution in [0.5, 0.6) is 0 Å². The highest BCUT2D eigenvalue weighted by atomic mass is 127. The van der Waals surface area contributed by atoms with Crippen LogP contribution in [0.25, 0.3) is 0 Å². The van der Waals surface area contributed by atoms with Crippen molar-refractivity contribution in [1.82, 2.24) is 10.6 Å². The maximum absolute atomic E-state index is 11.5. The molecular weight excluding hydrogens is 367 g/mol. The van der Waals surface area contributed by atoms with Crippen molar-refractivity contribution < 1.29 is 4.79 Å². The second-order valence-electron chi connectivity index (χ2n) is 4.88. The molecule has 0 aromatic rings. The molecule has 0 bridgehead atoms. The zero-order valence-electron chi connectivity index (χ0n) is 13.1. The highest BCUT2D eigenvalue weighted by Gasteiger charge is 2.04. The summed E-state index contributed by atoms with van der Waals surface area (Å²) in [5.41, 5.74) is 5.71. The topological polar surface area (TPSA) is 79.5 Å². The Kier molecular flexibility index (Phi) is 16.2. The molecule has 0 saturated heterocycles. The van der Waals surface area contributed by atoms with Crippen LogP contribution in [0.15, 0.2) is 4.99 Å². The summed E-state index contributed by atoms with van der Waals surface area (Å²) < 4.78 is 0. The monoisotopic (exact) mass is 398 g/mol. The largest absolute Gasteiger partial charge is 0.370 e. The number of rotatable bonds is 10. The normalized spacial score (nSPS) is 12.4. The first-order valence-corrected chi connectivity index (χ1v) is 7.43. The zero-order valence-corrected chi connectivity index (χ0v) is 15.4. The highest BCUT2D eigenvalue weighted by Crippen LogP contribution is 1.98. The first-order chi connectivity index (χ1) is 9.10. The number of guanidine groups is 1. The van der Waals surface area contributed by atoms with Crippen LogP contribution in [-0.4, -0.2) is 31.0 Å². The van der Waals surface area contributed by atoms with Gasteiger partial charge in [0.2, 0.25) is 5.91 Å². The number of unbranched alkanes of at least 4 members (excludes halogenated alkanes) is 3. The van der Waals surface area contributed by atoms with Crippen LogP contribution < -0.4 is 16.4 Å². The van der Waals surface area contributed by atoms with Gasteiger partial charge >= 0.3 is 0 Å². The second kappa shape index (κ2) is 14.9. The van der Waals surface area contributed by atoms with E-state index < -0.39 is 0 Å². The second-order valence-corrected chi connectivity index (χ2v) is 4.88. The van der Waals surface area contributed by atoms with Crippen molar-refractivity contribution in [3.63, 3.8) is 0 Å². The Morgan fingerprint density at radius 2 is 1.95 bits per heavy atom. The molecule has 1 amide bonds. The summed E-state index contributed by atoms with van der Waals surface area (Å²) >= 11 is 0. The number of nitrogens with one attached hydrogen (secondary N) is 2. The molecule has 4 N–H and O–H groups in total. The molecule has 0 aliphatic rings. The van der Waals surface area contributed by atoms with Crippen LogP contribution in [0.3, 0.4) is 0 Å². The molecule has 0 saturated carbocycles. The van der Waals surface area contributed by atoms with Gasteiger partial charge in [0.1, 0.15) is 0 Å². The zero-order chi connectivity index (χ0) is 14.5. The third-order valence-electron chi connectivity index (χ3n) is 2.97. The lowest BCUT2D eigenvalue weighted by atomic mass is 10.2.